The van der Waals surface area contributed by atoms with Gasteiger partial charge in [0.05, 0.1) is 17.6 Å². The molecule has 0 bridgehead atoms. The summed E-state index contributed by atoms with van der Waals surface area (Å²) in [7, 11) is -2.30. The number of anilines is 1. The SMILES string of the molecule is COc1ccc(CCNc2ccc(S(=O)(=O)N[C@H](C)c3ccccc3)cc2C(=O)O)cc1. The molecule has 32 heavy (non-hydrogen) atoms. The van der Waals surface area contributed by atoms with E-state index in [0.29, 0.717) is 18.7 Å². The number of aromatic carboxylic acids is 1. The zero-order chi connectivity index (χ0) is 23.1. The lowest BCUT2D eigenvalue weighted by Gasteiger charge is -2.16. The monoisotopic (exact) mass is 454 g/mol. The van der Waals surface area contributed by atoms with E-state index in [1.165, 1.54) is 18.2 Å². The summed E-state index contributed by atoms with van der Waals surface area (Å²) < 4.78 is 33.4. The molecule has 0 spiro atoms. The Labute approximate surface area is 188 Å². The average Bonchev–Trinajstić information content (AvgIpc) is 2.79. The first-order valence-electron chi connectivity index (χ1n) is 10.1. The molecule has 0 saturated carbocycles. The molecule has 3 N–H and O–H groups in total. The van der Waals surface area contributed by atoms with Crippen molar-refractivity contribution in [2.75, 3.05) is 19.0 Å². The number of methoxy groups -OCH3 is 1. The Balaban J connectivity index is 1.72. The number of nitrogens with one attached hydrogen (secondary N) is 2. The van der Waals surface area contributed by atoms with Gasteiger partial charge in [-0.25, -0.2) is 17.9 Å². The normalized spacial score (nSPS) is 12.2. The second-order valence-electron chi connectivity index (χ2n) is 7.29. The Bertz CT molecular complexity index is 1160. The van der Waals surface area contributed by atoms with E-state index in [-0.39, 0.29) is 10.5 Å². The van der Waals surface area contributed by atoms with Gasteiger partial charge < -0.3 is 15.2 Å². The quantitative estimate of drug-likeness (QED) is 0.426. The number of benzene rings is 3. The van der Waals surface area contributed by atoms with Gasteiger partial charge in [0.2, 0.25) is 10.0 Å². The van der Waals surface area contributed by atoms with Crippen molar-refractivity contribution in [3.63, 3.8) is 0 Å². The van der Waals surface area contributed by atoms with Crippen LogP contribution in [0.1, 0.15) is 34.5 Å². The smallest absolute Gasteiger partial charge is 0.337 e. The van der Waals surface area contributed by atoms with Crippen LogP contribution >= 0.6 is 0 Å². The number of rotatable bonds is 10. The third-order valence-corrected chi connectivity index (χ3v) is 6.59. The highest BCUT2D eigenvalue weighted by molar-refractivity contribution is 7.89. The Kier molecular flexibility index (Phi) is 7.50. The molecule has 7 nitrogen and oxygen atoms in total. The first kappa shape index (κ1) is 23.3. The minimum absolute atomic E-state index is 0.0987. The molecule has 168 valence electrons. The molecule has 8 heteroatoms. The highest BCUT2D eigenvalue weighted by Gasteiger charge is 2.21. The van der Waals surface area contributed by atoms with Gasteiger partial charge in [0.25, 0.3) is 0 Å². The van der Waals surface area contributed by atoms with Crippen molar-refractivity contribution in [3.05, 3.63) is 89.5 Å². The van der Waals surface area contributed by atoms with Crippen molar-refractivity contribution in [2.45, 2.75) is 24.3 Å². The highest BCUT2D eigenvalue weighted by atomic mass is 32.2. The summed E-state index contributed by atoms with van der Waals surface area (Å²) in [5, 5.41) is 12.7. The second kappa shape index (κ2) is 10.3. The molecule has 0 aromatic heterocycles. The molecule has 3 rings (SSSR count). The second-order valence-corrected chi connectivity index (χ2v) is 9.01. The minimum Gasteiger partial charge on any atom is -0.497 e. The molecule has 0 radical (unpaired) electrons. The molecule has 0 unspecified atom stereocenters. The molecule has 0 amide bonds. The predicted octanol–water partition coefficient (Wildman–Crippen LogP) is 4.09. The third kappa shape index (κ3) is 5.87. The number of hydrogen-bond acceptors (Lipinski definition) is 5. The van der Waals surface area contributed by atoms with Crippen molar-refractivity contribution >= 4 is 21.7 Å². The summed E-state index contributed by atoms with van der Waals surface area (Å²) in [5.74, 6) is -0.438. The fourth-order valence-corrected chi connectivity index (χ4v) is 4.52. The van der Waals surface area contributed by atoms with Crippen LogP contribution in [0.15, 0.2) is 77.7 Å². The van der Waals surface area contributed by atoms with Crippen LogP contribution in [0.4, 0.5) is 5.69 Å². The molecular formula is C24H26N2O5S. The van der Waals surface area contributed by atoms with Crippen molar-refractivity contribution in [3.8, 4) is 5.75 Å². The lowest BCUT2D eigenvalue weighted by Crippen LogP contribution is -2.27. The summed E-state index contributed by atoms with van der Waals surface area (Å²) in [4.78, 5) is 11.7. The van der Waals surface area contributed by atoms with Crippen molar-refractivity contribution in [1.29, 1.82) is 0 Å². The van der Waals surface area contributed by atoms with E-state index in [1.54, 1.807) is 14.0 Å². The van der Waals surface area contributed by atoms with E-state index in [1.807, 2.05) is 54.6 Å². The molecule has 1 atom stereocenters. The topological polar surface area (TPSA) is 105 Å². The van der Waals surface area contributed by atoms with E-state index >= 15 is 0 Å². The van der Waals surface area contributed by atoms with Gasteiger partial charge in [-0.3, -0.25) is 0 Å². The molecule has 0 heterocycles. The summed E-state index contributed by atoms with van der Waals surface area (Å²) in [6, 6.07) is 20.4. The Morgan fingerprint density at radius 1 is 1.03 bits per heavy atom. The predicted molar refractivity (Wildman–Crippen MR) is 124 cm³/mol. The number of ether oxygens (including phenoxy) is 1. The zero-order valence-corrected chi connectivity index (χ0v) is 18.7. The van der Waals surface area contributed by atoms with Crippen molar-refractivity contribution in [1.82, 2.24) is 4.72 Å². The Morgan fingerprint density at radius 2 is 1.72 bits per heavy atom. The maximum absolute atomic E-state index is 12.8. The molecule has 3 aromatic carbocycles. The lowest BCUT2D eigenvalue weighted by atomic mass is 10.1. The standard InChI is InChI=1S/C24H26N2O5S/c1-17(19-6-4-3-5-7-19)26-32(29,30)21-12-13-23(22(16-21)24(27)28)25-15-14-18-8-10-20(31-2)11-9-18/h3-13,16-17,25-26H,14-15H2,1-2H3,(H,27,28)/t17-/m1/s1. The van der Waals surface area contributed by atoms with E-state index in [2.05, 4.69) is 10.0 Å². The first-order valence-corrected chi connectivity index (χ1v) is 11.6. The van der Waals surface area contributed by atoms with E-state index < -0.39 is 22.0 Å². The number of carboxylic acid groups (broad SMARTS) is 1. The van der Waals surface area contributed by atoms with Crippen LogP contribution in [0.5, 0.6) is 5.75 Å². The first-order chi connectivity index (χ1) is 15.3. The molecule has 3 aromatic rings. The van der Waals surface area contributed by atoms with Gasteiger partial charge in [-0.2, -0.15) is 0 Å². The van der Waals surface area contributed by atoms with E-state index in [4.69, 9.17) is 4.74 Å². The molecular weight excluding hydrogens is 428 g/mol. The molecule has 0 saturated heterocycles. The molecule has 0 aliphatic rings. The van der Waals surface area contributed by atoms with Gasteiger partial charge in [0.15, 0.2) is 0 Å². The maximum atomic E-state index is 12.8. The number of sulfonamides is 1. The van der Waals surface area contributed by atoms with Crippen LogP contribution in [0.25, 0.3) is 0 Å². The van der Waals surface area contributed by atoms with Crippen LogP contribution in [-0.4, -0.2) is 33.1 Å². The lowest BCUT2D eigenvalue weighted by molar-refractivity contribution is 0.0697. The highest BCUT2D eigenvalue weighted by Crippen LogP contribution is 2.23. The Morgan fingerprint density at radius 3 is 2.34 bits per heavy atom. The molecule has 0 aliphatic heterocycles. The molecule has 0 fully saturated rings. The summed E-state index contributed by atoms with van der Waals surface area (Å²) in [6.07, 6.45) is 0.666. The number of carboxylic acids is 1. The van der Waals surface area contributed by atoms with Crippen LogP contribution in [0, 0.1) is 0 Å². The summed E-state index contributed by atoms with van der Waals surface area (Å²) in [6.45, 7) is 2.22. The third-order valence-electron chi connectivity index (χ3n) is 5.05. The van der Waals surface area contributed by atoms with Gasteiger partial charge in [-0.15, -0.1) is 0 Å². The van der Waals surface area contributed by atoms with Gasteiger partial charge in [0.1, 0.15) is 5.75 Å². The number of carbonyl (C=O) groups is 1. The number of hydrogen-bond donors (Lipinski definition) is 3. The average molecular weight is 455 g/mol. The fraction of sp³-hybridized carbons (Fsp3) is 0.208. The largest absolute Gasteiger partial charge is 0.497 e. The maximum Gasteiger partial charge on any atom is 0.337 e. The van der Waals surface area contributed by atoms with Crippen LogP contribution in [0.2, 0.25) is 0 Å². The van der Waals surface area contributed by atoms with Crippen molar-refractivity contribution in [2.24, 2.45) is 0 Å². The summed E-state index contributed by atoms with van der Waals surface area (Å²) in [5.41, 5.74) is 2.14. The van der Waals surface area contributed by atoms with Crippen LogP contribution in [0.3, 0.4) is 0 Å². The minimum atomic E-state index is -3.90. The van der Waals surface area contributed by atoms with Gasteiger partial charge >= 0.3 is 5.97 Å². The van der Waals surface area contributed by atoms with E-state index in [9.17, 15) is 18.3 Å². The van der Waals surface area contributed by atoms with Crippen LogP contribution < -0.4 is 14.8 Å². The zero-order valence-electron chi connectivity index (χ0n) is 17.9. The van der Waals surface area contributed by atoms with Crippen LogP contribution in [-0.2, 0) is 16.4 Å². The van der Waals surface area contributed by atoms with Crippen molar-refractivity contribution < 1.29 is 23.1 Å². The van der Waals surface area contributed by atoms with Gasteiger partial charge in [-0.05, 0) is 54.8 Å². The van der Waals surface area contributed by atoms with Gasteiger partial charge in [-0.1, -0.05) is 42.5 Å². The van der Waals surface area contributed by atoms with Gasteiger partial charge in [0, 0.05) is 18.3 Å². The summed E-state index contributed by atoms with van der Waals surface area (Å²) >= 11 is 0. The fourth-order valence-electron chi connectivity index (χ4n) is 3.27. The Hall–Kier alpha value is -3.36. The van der Waals surface area contributed by atoms with E-state index in [0.717, 1.165) is 16.9 Å². The molecule has 0 aliphatic carbocycles.